The van der Waals surface area contributed by atoms with Crippen molar-refractivity contribution >= 4 is 33.5 Å². The molecule has 0 radical (unpaired) electrons. The van der Waals surface area contributed by atoms with E-state index in [0.29, 0.717) is 39.7 Å². The molecule has 3 aromatic carbocycles. The van der Waals surface area contributed by atoms with Gasteiger partial charge in [-0.25, -0.2) is 4.79 Å². The Morgan fingerprint density at radius 1 is 0.892 bits per heavy atom. The fraction of sp³-hybridized carbons (Fsp3) is 0.172. The number of furan rings is 1. The number of carbonyl (C=O) groups excluding carboxylic acids is 1. The van der Waals surface area contributed by atoms with E-state index < -0.39 is 11.5 Å². The lowest BCUT2D eigenvalue weighted by molar-refractivity contribution is -0.115. The smallest absolute Gasteiger partial charge is 0.340 e. The third kappa shape index (κ3) is 4.38. The Morgan fingerprint density at radius 2 is 1.59 bits per heavy atom. The molecular weight excluding hydrogens is 474 g/mol. The largest absolute Gasteiger partial charge is 0.493 e. The van der Waals surface area contributed by atoms with Crippen molar-refractivity contribution in [3.05, 3.63) is 82.4 Å². The van der Waals surface area contributed by atoms with Crippen LogP contribution in [0.5, 0.6) is 17.2 Å². The minimum Gasteiger partial charge on any atom is -0.493 e. The summed E-state index contributed by atoms with van der Waals surface area (Å²) in [5, 5.41) is 4.43. The Morgan fingerprint density at radius 3 is 2.24 bits per heavy atom. The molecule has 8 heteroatoms. The van der Waals surface area contributed by atoms with E-state index in [4.69, 9.17) is 23.0 Å². The quantitative estimate of drug-likeness (QED) is 0.286. The van der Waals surface area contributed by atoms with Gasteiger partial charge in [-0.3, -0.25) is 4.79 Å². The van der Waals surface area contributed by atoms with E-state index in [1.807, 2.05) is 43.3 Å². The molecule has 0 aliphatic rings. The number of methoxy groups -OCH3 is 3. The predicted octanol–water partition coefficient (Wildman–Crippen LogP) is 5.72. The average Bonchev–Trinajstić information content (AvgIpc) is 3.32. The molecule has 1 amide bonds. The topological polar surface area (TPSA) is 100 Å². The van der Waals surface area contributed by atoms with Gasteiger partial charge in [-0.15, -0.1) is 0 Å². The molecule has 2 aromatic heterocycles. The number of benzene rings is 3. The van der Waals surface area contributed by atoms with Crippen molar-refractivity contribution in [1.82, 2.24) is 0 Å². The molecule has 5 aromatic rings. The number of aryl methyl sites for hydroxylation is 1. The maximum absolute atomic E-state index is 13.0. The third-order valence-corrected chi connectivity index (χ3v) is 6.35. The number of fused-ring (bicyclic) bond motifs is 2. The summed E-state index contributed by atoms with van der Waals surface area (Å²) in [5.74, 6) is 0.821. The van der Waals surface area contributed by atoms with Crippen molar-refractivity contribution in [2.75, 3.05) is 26.6 Å². The van der Waals surface area contributed by atoms with Crippen molar-refractivity contribution in [1.29, 1.82) is 0 Å². The summed E-state index contributed by atoms with van der Waals surface area (Å²) < 4.78 is 27.4. The first-order valence-electron chi connectivity index (χ1n) is 11.6. The van der Waals surface area contributed by atoms with Gasteiger partial charge in [0.1, 0.15) is 11.2 Å². The van der Waals surface area contributed by atoms with Gasteiger partial charge in [0.15, 0.2) is 11.5 Å². The van der Waals surface area contributed by atoms with Gasteiger partial charge in [-0.1, -0.05) is 30.3 Å². The molecule has 0 fully saturated rings. The summed E-state index contributed by atoms with van der Waals surface area (Å²) in [6.45, 7) is 1.81. The number of nitrogens with one attached hydrogen (secondary N) is 1. The number of ether oxygens (including phenoxy) is 3. The number of carbonyl (C=O) groups is 1. The van der Waals surface area contributed by atoms with E-state index in [-0.39, 0.29) is 12.0 Å². The van der Waals surface area contributed by atoms with Crippen LogP contribution in [0.3, 0.4) is 0 Å². The summed E-state index contributed by atoms with van der Waals surface area (Å²) in [5.41, 5.74) is 3.79. The first-order chi connectivity index (χ1) is 17.9. The molecule has 2 heterocycles. The monoisotopic (exact) mass is 499 g/mol. The second-order valence-corrected chi connectivity index (χ2v) is 8.49. The highest BCUT2D eigenvalue weighted by molar-refractivity contribution is 6.02. The number of hydrogen-bond acceptors (Lipinski definition) is 7. The van der Waals surface area contributed by atoms with Crippen molar-refractivity contribution in [2.45, 2.75) is 13.3 Å². The number of hydrogen-bond donors (Lipinski definition) is 1. The molecule has 0 aliphatic carbocycles. The highest BCUT2D eigenvalue weighted by Gasteiger charge is 2.19. The number of amides is 1. The zero-order chi connectivity index (χ0) is 26.1. The van der Waals surface area contributed by atoms with Gasteiger partial charge in [0.25, 0.3) is 0 Å². The van der Waals surface area contributed by atoms with Crippen LogP contribution in [0.25, 0.3) is 33.1 Å². The van der Waals surface area contributed by atoms with Gasteiger partial charge >= 0.3 is 5.63 Å². The molecule has 5 rings (SSSR count). The Kier molecular flexibility index (Phi) is 6.31. The fourth-order valence-electron chi connectivity index (χ4n) is 4.47. The van der Waals surface area contributed by atoms with Crippen molar-refractivity contribution < 1.29 is 27.8 Å². The van der Waals surface area contributed by atoms with Crippen LogP contribution >= 0.6 is 0 Å². The first kappa shape index (κ1) is 24.0. The minimum absolute atomic E-state index is 0.171. The van der Waals surface area contributed by atoms with Gasteiger partial charge in [-0.2, -0.15) is 0 Å². The third-order valence-electron chi connectivity index (χ3n) is 6.35. The SMILES string of the molecule is COc1cc(NC(=O)Cc2c(C)c3cc4c(-c5ccccc5)coc4cc3oc2=O)cc(OC)c1OC. The summed E-state index contributed by atoms with van der Waals surface area (Å²) in [4.78, 5) is 25.8. The summed E-state index contributed by atoms with van der Waals surface area (Å²) >= 11 is 0. The van der Waals surface area contributed by atoms with Crippen molar-refractivity contribution in [2.24, 2.45) is 0 Å². The summed E-state index contributed by atoms with van der Waals surface area (Å²) in [6, 6.07) is 16.8. The molecule has 1 N–H and O–H groups in total. The lowest BCUT2D eigenvalue weighted by atomic mass is 9.99. The average molecular weight is 500 g/mol. The molecule has 0 unspecified atom stereocenters. The van der Waals surface area contributed by atoms with E-state index in [9.17, 15) is 9.59 Å². The minimum atomic E-state index is -0.570. The standard InChI is InChI=1S/C29H25NO7/c1-16-19-12-21-22(17-8-6-5-7-9-17)15-36-23(21)14-24(19)37-29(32)20(16)13-27(31)30-18-10-25(33-2)28(35-4)26(11-18)34-3/h5-12,14-15H,13H2,1-4H3,(H,30,31). The Labute approximate surface area is 212 Å². The molecule has 8 nitrogen and oxygen atoms in total. The van der Waals surface area contributed by atoms with Crippen LogP contribution in [0.2, 0.25) is 0 Å². The van der Waals surface area contributed by atoms with Crippen LogP contribution < -0.4 is 25.2 Å². The molecule has 188 valence electrons. The molecule has 0 spiro atoms. The van der Waals surface area contributed by atoms with Crippen molar-refractivity contribution in [3.63, 3.8) is 0 Å². The van der Waals surface area contributed by atoms with E-state index >= 15 is 0 Å². The summed E-state index contributed by atoms with van der Waals surface area (Å²) in [7, 11) is 4.49. The maximum Gasteiger partial charge on any atom is 0.340 e. The Balaban J connectivity index is 1.50. The second-order valence-electron chi connectivity index (χ2n) is 8.49. The predicted molar refractivity (Wildman–Crippen MR) is 141 cm³/mol. The maximum atomic E-state index is 13.0. The Bertz CT molecular complexity index is 1660. The fourth-order valence-corrected chi connectivity index (χ4v) is 4.47. The molecule has 0 aliphatic heterocycles. The van der Waals surface area contributed by atoms with E-state index in [1.165, 1.54) is 21.3 Å². The molecule has 0 saturated heterocycles. The molecule has 0 saturated carbocycles. The van der Waals surface area contributed by atoms with Crippen LogP contribution in [0.1, 0.15) is 11.1 Å². The Hall–Kier alpha value is -4.72. The van der Waals surface area contributed by atoms with Crippen molar-refractivity contribution in [3.8, 4) is 28.4 Å². The number of rotatable bonds is 7. The van der Waals surface area contributed by atoms with Gasteiger partial charge in [0.2, 0.25) is 11.7 Å². The molecule has 0 atom stereocenters. The summed E-state index contributed by atoms with van der Waals surface area (Å²) in [6.07, 6.45) is 1.52. The van der Waals surface area contributed by atoms with E-state index in [0.717, 1.165) is 21.9 Å². The van der Waals surface area contributed by atoms with Crippen LogP contribution in [0.4, 0.5) is 5.69 Å². The molecule has 0 bridgehead atoms. The lowest BCUT2D eigenvalue weighted by Gasteiger charge is -2.15. The number of anilines is 1. The van der Waals surface area contributed by atoms with E-state index in [2.05, 4.69) is 5.32 Å². The van der Waals surface area contributed by atoms with E-state index in [1.54, 1.807) is 24.5 Å². The van der Waals surface area contributed by atoms with Crippen LogP contribution in [-0.2, 0) is 11.2 Å². The highest BCUT2D eigenvalue weighted by Crippen LogP contribution is 2.40. The van der Waals surface area contributed by atoms with Gasteiger partial charge in [0.05, 0.1) is 39.6 Å². The molecule has 37 heavy (non-hydrogen) atoms. The van der Waals surface area contributed by atoms with Gasteiger partial charge < -0.3 is 28.4 Å². The first-order valence-corrected chi connectivity index (χ1v) is 11.6. The van der Waals surface area contributed by atoms with Crippen LogP contribution in [0.15, 0.2) is 74.5 Å². The van der Waals surface area contributed by atoms with Gasteiger partial charge in [0, 0.05) is 40.2 Å². The second kappa shape index (κ2) is 9.73. The molecular formula is C29H25NO7. The highest BCUT2D eigenvalue weighted by atomic mass is 16.5. The zero-order valence-electron chi connectivity index (χ0n) is 20.8. The van der Waals surface area contributed by atoms with Crippen LogP contribution in [-0.4, -0.2) is 27.2 Å². The normalized spacial score (nSPS) is 11.0. The zero-order valence-corrected chi connectivity index (χ0v) is 20.8. The van der Waals surface area contributed by atoms with Crippen LogP contribution in [0, 0.1) is 6.92 Å². The van der Waals surface area contributed by atoms with Gasteiger partial charge in [-0.05, 0) is 24.1 Å². The lowest BCUT2D eigenvalue weighted by Crippen LogP contribution is -2.20.